The molecule has 2 heterocycles. The van der Waals surface area contributed by atoms with Crippen molar-refractivity contribution in [3.8, 4) is 0 Å². The van der Waals surface area contributed by atoms with E-state index >= 15 is 0 Å². The summed E-state index contributed by atoms with van der Waals surface area (Å²) in [4.78, 5) is 12.0. The number of urea groups is 1. The number of aliphatic hydroxyl groups excluding tert-OH is 1. The van der Waals surface area contributed by atoms with E-state index in [1.165, 1.54) is 6.26 Å². The third kappa shape index (κ3) is 4.74. The van der Waals surface area contributed by atoms with E-state index in [9.17, 15) is 9.90 Å². The molecule has 1 saturated heterocycles. The molecule has 0 bridgehead atoms. The standard InChI is InChI=1S/C16H27N3O3/c1-15(2)8-11(9-16(3,4)19-15)18-14(21)17-10-12(20)13-6-5-7-22-13/h5-7,11-12,19-20H,8-10H2,1-4H3,(H2,17,18,21). The van der Waals surface area contributed by atoms with E-state index in [2.05, 4.69) is 43.6 Å². The van der Waals surface area contributed by atoms with Gasteiger partial charge in [-0.15, -0.1) is 0 Å². The molecular formula is C16H27N3O3. The van der Waals surface area contributed by atoms with Crippen LogP contribution >= 0.6 is 0 Å². The van der Waals surface area contributed by atoms with Crippen molar-refractivity contribution in [2.24, 2.45) is 0 Å². The Bertz CT molecular complexity index is 481. The van der Waals surface area contributed by atoms with E-state index in [4.69, 9.17) is 4.42 Å². The van der Waals surface area contributed by atoms with Crippen molar-refractivity contribution in [3.05, 3.63) is 24.2 Å². The lowest BCUT2D eigenvalue weighted by atomic mass is 9.80. The molecule has 1 aliphatic rings. The molecule has 4 N–H and O–H groups in total. The van der Waals surface area contributed by atoms with Crippen LogP contribution < -0.4 is 16.0 Å². The van der Waals surface area contributed by atoms with Crippen LogP contribution in [0.1, 0.15) is 52.4 Å². The second kappa shape index (κ2) is 6.30. The average molecular weight is 309 g/mol. The van der Waals surface area contributed by atoms with Crippen molar-refractivity contribution in [2.75, 3.05) is 6.54 Å². The Kier molecular flexibility index (Phi) is 4.82. The summed E-state index contributed by atoms with van der Waals surface area (Å²) in [5.41, 5.74) is -0.0409. The van der Waals surface area contributed by atoms with Crippen molar-refractivity contribution in [3.63, 3.8) is 0 Å². The quantitative estimate of drug-likeness (QED) is 0.684. The second-order valence-electron chi connectivity index (χ2n) is 7.38. The number of aliphatic hydroxyl groups is 1. The normalized spacial score (nSPS) is 22.0. The highest BCUT2D eigenvalue weighted by Crippen LogP contribution is 2.28. The Morgan fingerprint density at radius 1 is 1.41 bits per heavy atom. The molecule has 1 fully saturated rings. The monoisotopic (exact) mass is 309 g/mol. The molecule has 22 heavy (non-hydrogen) atoms. The van der Waals surface area contributed by atoms with Crippen LogP contribution in [0.15, 0.2) is 22.8 Å². The van der Waals surface area contributed by atoms with E-state index < -0.39 is 6.10 Å². The van der Waals surface area contributed by atoms with Gasteiger partial charge in [0.15, 0.2) is 0 Å². The minimum absolute atomic E-state index is 0.0205. The molecule has 1 aromatic heterocycles. The first-order chi connectivity index (χ1) is 10.2. The summed E-state index contributed by atoms with van der Waals surface area (Å²) in [6.07, 6.45) is 2.40. The van der Waals surface area contributed by atoms with Gasteiger partial charge >= 0.3 is 6.03 Å². The Morgan fingerprint density at radius 3 is 2.59 bits per heavy atom. The van der Waals surface area contributed by atoms with Gasteiger partial charge in [0.2, 0.25) is 0 Å². The summed E-state index contributed by atoms with van der Waals surface area (Å²) in [6.45, 7) is 8.68. The maximum absolute atomic E-state index is 12.0. The number of hydrogen-bond donors (Lipinski definition) is 4. The topological polar surface area (TPSA) is 86.5 Å². The minimum atomic E-state index is -0.832. The zero-order valence-electron chi connectivity index (χ0n) is 13.8. The molecule has 0 aromatic carbocycles. The van der Waals surface area contributed by atoms with Crippen LogP contribution in [0.2, 0.25) is 0 Å². The number of amides is 2. The highest BCUT2D eigenvalue weighted by Gasteiger charge is 2.38. The van der Waals surface area contributed by atoms with Gasteiger partial charge in [0.1, 0.15) is 11.9 Å². The van der Waals surface area contributed by atoms with Gasteiger partial charge < -0.3 is 25.5 Å². The largest absolute Gasteiger partial charge is 0.467 e. The maximum Gasteiger partial charge on any atom is 0.315 e. The number of piperidine rings is 1. The van der Waals surface area contributed by atoms with Crippen molar-refractivity contribution < 1.29 is 14.3 Å². The van der Waals surface area contributed by atoms with Crippen LogP contribution in [0, 0.1) is 0 Å². The molecule has 6 nitrogen and oxygen atoms in total. The number of carbonyl (C=O) groups is 1. The smallest absolute Gasteiger partial charge is 0.315 e. The SMILES string of the molecule is CC1(C)CC(NC(=O)NCC(O)c2ccco2)CC(C)(C)N1. The molecule has 0 spiro atoms. The fourth-order valence-corrected chi connectivity index (χ4v) is 3.43. The minimum Gasteiger partial charge on any atom is -0.467 e. The number of nitrogens with one attached hydrogen (secondary N) is 3. The summed E-state index contributed by atoms with van der Waals surface area (Å²) >= 11 is 0. The van der Waals surface area contributed by atoms with E-state index in [1.807, 2.05) is 0 Å². The lowest BCUT2D eigenvalue weighted by molar-refractivity contribution is 0.138. The van der Waals surface area contributed by atoms with Crippen LogP contribution in [-0.4, -0.2) is 34.8 Å². The molecular weight excluding hydrogens is 282 g/mol. The van der Waals surface area contributed by atoms with Gasteiger partial charge in [-0.25, -0.2) is 4.79 Å². The summed E-state index contributed by atoms with van der Waals surface area (Å²) < 4.78 is 5.10. The third-order valence-corrected chi connectivity index (χ3v) is 3.85. The second-order valence-corrected chi connectivity index (χ2v) is 7.38. The number of rotatable bonds is 4. The number of carbonyl (C=O) groups excluding carboxylic acids is 1. The van der Waals surface area contributed by atoms with Gasteiger partial charge in [0.25, 0.3) is 0 Å². The van der Waals surface area contributed by atoms with Crippen LogP contribution in [0.25, 0.3) is 0 Å². The Hall–Kier alpha value is -1.53. The maximum atomic E-state index is 12.0. The van der Waals surface area contributed by atoms with Crippen molar-refractivity contribution in [1.29, 1.82) is 0 Å². The Labute approximate surface area is 131 Å². The lowest BCUT2D eigenvalue weighted by Gasteiger charge is -2.46. The molecule has 124 valence electrons. The van der Waals surface area contributed by atoms with Gasteiger partial charge in [0.05, 0.1) is 12.8 Å². The first-order valence-corrected chi connectivity index (χ1v) is 7.72. The summed E-state index contributed by atoms with van der Waals surface area (Å²) in [7, 11) is 0. The molecule has 0 saturated carbocycles. The molecule has 1 atom stereocenters. The van der Waals surface area contributed by atoms with E-state index in [0.29, 0.717) is 5.76 Å². The van der Waals surface area contributed by atoms with Crippen molar-refractivity contribution >= 4 is 6.03 Å². The van der Waals surface area contributed by atoms with Gasteiger partial charge in [0, 0.05) is 17.1 Å². The number of hydrogen-bond acceptors (Lipinski definition) is 4. The molecule has 1 aliphatic heterocycles. The third-order valence-electron chi connectivity index (χ3n) is 3.85. The Morgan fingerprint density at radius 2 is 2.05 bits per heavy atom. The fourth-order valence-electron chi connectivity index (χ4n) is 3.43. The molecule has 2 rings (SSSR count). The number of furan rings is 1. The van der Waals surface area contributed by atoms with Gasteiger partial charge in [-0.05, 0) is 52.7 Å². The first-order valence-electron chi connectivity index (χ1n) is 7.72. The summed E-state index contributed by atoms with van der Waals surface area (Å²) in [5, 5.41) is 19.2. The highest BCUT2D eigenvalue weighted by atomic mass is 16.4. The van der Waals surface area contributed by atoms with Crippen LogP contribution in [-0.2, 0) is 0 Å². The summed E-state index contributed by atoms with van der Waals surface area (Å²) in [6, 6.07) is 3.23. The van der Waals surface area contributed by atoms with E-state index in [-0.39, 0.29) is 29.7 Å². The molecule has 2 amide bonds. The predicted octanol–water partition coefficient (Wildman–Crippen LogP) is 1.92. The average Bonchev–Trinajstić information content (AvgIpc) is 2.85. The van der Waals surface area contributed by atoms with E-state index in [0.717, 1.165) is 12.8 Å². The zero-order valence-corrected chi connectivity index (χ0v) is 13.8. The molecule has 0 radical (unpaired) electrons. The molecule has 6 heteroatoms. The van der Waals surface area contributed by atoms with Gasteiger partial charge in [-0.2, -0.15) is 0 Å². The fraction of sp³-hybridized carbons (Fsp3) is 0.688. The molecule has 1 aromatic rings. The Balaban J connectivity index is 1.81. The van der Waals surface area contributed by atoms with Crippen LogP contribution in [0.4, 0.5) is 4.79 Å². The van der Waals surface area contributed by atoms with Crippen LogP contribution in [0.3, 0.4) is 0 Å². The van der Waals surface area contributed by atoms with Crippen molar-refractivity contribution in [2.45, 2.75) is 63.8 Å². The van der Waals surface area contributed by atoms with Crippen molar-refractivity contribution in [1.82, 2.24) is 16.0 Å². The van der Waals surface area contributed by atoms with Gasteiger partial charge in [-0.3, -0.25) is 0 Å². The van der Waals surface area contributed by atoms with Gasteiger partial charge in [-0.1, -0.05) is 0 Å². The first kappa shape index (κ1) is 16.8. The zero-order chi connectivity index (χ0) is 16.4. The highest BCUT2D eigenvalue weighted by molar-refractivity contribution is 5.74. The molecule has 0 aliphatic carbocycles. The predicted molar refractivity (Wildman–Crippen MR) is 84.5 cm³/mol. The molecule has 1 unspecified atom stereocenters. The lowest BCUT2D eigenvalue weighted by Crippen LogP contribution is -2.62. The van der Waals surface area contributed by atoms with E-state index in [1.54, 1.807) is 12.1 Å². The van der Waals surface area contributed by atoms with Crippen LogP contribution in [0.5, 0.6) is 0 Å². The summed E-state index contributed by atoms with van der Waals surface area (Å²) in [5.74, 6) is 0.449.